The molecular formula is C24H22N4O4S. The number of rotatable bonds is 6. The summed E-state index contributed by atoms with van der Waals surface area (Å²) in [6.45, 7) is 4.74. The molecule has 0 saturated carbocycles. The van der Waals surface area contributed by atoms with Crippen molar-refractivity contribution in [3.05, 3.63) is 66.6 Å². The third-order valence-corrected chi connectivity index (χ3v) is 6.25. The number of nitrogens with zero attached hydrogens (tertiary/aromatic N) is 3. The van der Waals surface area contributed by atoms with Gasteiger partial charge in [-0.25, -0.2) is 0 Å². The summed E-state index contributed by atoms with van der Waals surface area (Å²) in [6.07, 6.45) is 1.63. The Bertz CT molecular complexity index is 1280. The van der Waals surface area contributed by atoms with E-state index < -0.39 is 5.25 Å². The van der Waals surface area contributed by atoms with Crippen LogP contribution in [0, 0.1) is 6.92 Å². The van der Waals surface area contributed by atoms with Crippen LogP contribution in [0.4, 0.5) is 5.69 Å². The van der Waals surface area contributed by atoms with E-state index in [-0.39, 0.29) is 5.91 Å². The number of carbonyl (C=O) groups is 1. The van der Waals surface area contributed by atoms with Gasteiger partial charge in [-0.3, -0.25) is 9.36 Å². The largest absolute Gasteiger partial charge is 0.486 e. The number of carbonyl (C=O) groups excluding carboxylic acids is 1. The standard InChI is InChI=1S/C24H22N4O4S/c1-15-19(10-11-30-15)22-26-27-24(28(22)18-6-4-3-5-7-18)33-16(2)23(29)25-17-8-9-20-21(14-17)32-13-12-31-20/h3-11,14,16H,12-13H2,1-2H3,(H,25,29)/t16-/m0/s1. The van der Waals surface area contributed by atoms with Crippen LogP contribution in [0.25, 0.3) is 17.1 Å². The first-order valence-corrected chi connectivity index (χ1v) is 11.4. The molecule has 0 radical (unpaired) electrons. The van der Waals surface area contributed by atoms with Crippen LogP contribution in [0.3, 0.4) is 0 Å². The van der Waals surface area contributed by atoms with Crippen LogP contribution in [0.5, 0.6) is 11.5 Å². The molecule has 33 heavy (non-hydrogen) atoms. The lowest BCUT2D eigenvalue weighted by molar-refractivity contribution is -0.115. The summed E-state index contributed by atoms with van der Waals surface area (Å²) in [5.41, 5.74) is 2.41. The SMILES string of the molecule is Cc1occc1-c1nnc(S[C@@H](C)C(=O)Nc2ccc3c(c2)OCCO3)n1-c1ccccc1. The summed E-state index contributed by atoms with van der Waals surface area (Å²) in [4.78, 5) is 12.9. The van der Waals surface area contributed by atoms with Crippen LogP contribution in [-0.4, -0.2) is 39.1 Å². The highest BCUT2D eigenvalue weighted by Crippen LogP contribution is 2.34. The van der Waals surface area contributed by atoms with Crippen molar-refractivity contribution in [2.45, 2.75) is 24.3 Å². The van der Waals surface area contributed by atoms with Crippen LogP contribution in [0.15, 0.2) is 70.4 Å². The van der Waals surface area contributed by atoms with Crippen LogP contribution >= 0.6 is 11.8 Å². The van der Waals surface area contributed by atoms with Crippen LogP contribution in [-0.2, 0) is 4.79 Å². The number of hydrogen-bond donors (Lipinski definition) is 1. The Morgan fingerprint density at radius 2 is 1.85 bits per heavy atom. The number of aromatic nitrogens is 3. The zero-order chi connectivity index (χ0) is 22.8. The summed E-state index contributed by atoms with van der Waals surface area (Å²) in [7, 11) is 0. The lowest BCUT2D eigenvalue weighted by Crippen LogP contribution is -2.23. The highest BCUT2D eigenvalue weighted by atomic mass is 32.2. The Morgan fingerprint density at radius 1 is 1.06 bits per heavy atom. The number of amides is 1. The first kappa shape index (κ1) is 21.1. The van der Waals surface area contributed by atoms with Gasteiger partial charge in [0.2, 0.25) is 5.91 Å². The minimum absolute atomic E-state index is 0.152. The van der Waals surface area contributed by atoms with Crippen molar-refractivity contribution in [1.29, 1.82) is 0 Å². The molecule has 168 valence electrons. The van der Waals surface area contributed by atoms with E-state index in [1.165, 1.54) is 11.8 Å². The van der Waals surface area contributed by atoms with Crippen LogP contribution in [0.1, 0.15) is 12.7 Å². The van der Waals surface area contributed by atoms with Crippen LogP contribution < -0.4 is 14.8 Å². The molecule has 1 amide bonds. The molecule has 1 aliphatic heterocycles. The van der Waals surface area contributed by atoms with Gasteiger partial charge in [-0.05, 0) is 44.2 Å². The molecule has 1 atom stereocenters. The highest BCUT2D eigenvalue weighted by Gasteiger charge is 2.23. The number of nitrogens with one attached hydrogen (secondary N) is 1. The molecular weight excluding hydrogens is 440 g/mol. The summed E-state index contributed by atoms with van der Waals surface area (Å²) < 4.78 is 18.6. The van der Waals surface area contributed by atoms with Crippen LogP contribution in [0.2, 0.25) is 0 Å². The molecule has 1 aliphatic rings. The second kappa shape index (κ2) is 9.03. The maximum Gasteiger partial charge on any atom is 0.237 e. The van der Waals surface area contributed by atoms with Crippen molar-refractivity contribution in [2.24, 2.45) is 0 Å². The smallest absolute Gasteiger partial charge is 0.237 e. The second-order valence-electron chi connectivity index (χ2n) is 7.48. The molecule has 0 bridgehead atoms. The Hall–Kier alpha value is -3.72. The average molecular weight is 463 g/mol. The van der Waals surface area contributed by atoms with Gasteiger partial charge in [0.15, 0.2) is 22.5 Å². The first-order chi connectivity index (χ1) is 16.1. The average Bonchev–Trinajstić information content (AvgIpc) is 3.45. The molecule has 0 saturated heterocycles. The summed E-state index contributed by atoms with van der Waals surface area (Å²) in [5.74, 6) is 2.57. The van der Waals surface area contributed by atoms with E-state index in [0.29, 0.717) is 41.4 Å². The van der Waals surface area contributed by atoms with Gasteiger partial charge in [0, 0.05) is 17.4 Å². The van der Waals surface area contributed by atoms with E-state index in [1.807, 2.05) is 54.8 Å². The number of thioether (sulfide) groups is 1. The maximum absolute atomic E-state index is 12.9. The van der Waals surface area contributed by atoms with Gasteiger partial charge >= 0.3 is 0 Å². The molecule has 0 spiro atoms. The molecule has 1 N–H and O–H groups in total. The number of fused-ring (bicyclic) bond motifs is 1. The van der Waals surface area contributed by atoms with Gasteiger partial charge in [0.25, 0.3) is 0 Å². The van der Waals surface area contributed by atoms with Gasteiger partial charge in [0.05, 0.1) is 17.1 Å². The first-order valence-electron chi connectivity index (χ1n) is 10.5. The third-order valence-electron chi connectivity index (χ3n) is 5.21. The Labute approximate surface area is 194 Å². The number of para-hydroxylation sites is 1. The van der Waals surface area contributed by atoms with Crippen molar-refractivity contribution < 1.29 is 18.7 Å². The molecule has 4 aromatic rings. The number of hydrogen-bond acceptors (Lipinski definition) is 7. The normalized spacial score (nSPS) is 13.5. The number of benzene rings is 2. The molecule has 5 rings (SSSR count). The monoisotopic (exact) mass is 462 g/mol. The Morgan fingerprint density at radius 3 is 2.61 bits per heavy atom. The Balaban J connectivity index is 1.39. The van der Waals surface area contributed by atoms with Crippen molar-refractivity contribution in [3.8, 4) is 28.6 Å². The Kier molecular flexibility index (Phi) is 5.78. The molecule has 8 nitrogen and oxygen atoms in total. The summed E-state index contributed by atoms with van der Waals surface area (Å²) in [6, 6.07) is 17.1. The van der Waals surface area contributed by atoms with Gasteiger partial charge in [0.1, 0.15) is 19.0 Å². The molecule has 0 unspecified atom stereocenters. The highest BCUT2D eigenvalue weighted by molar-refractivity contribution is 8.00. The minimum Gasteiger partial charge on any atom is -0.486 e. The molecule has 0 aliphatic carbocycles. The van der Waals surface area contributed by atoms with Crippen molar-refractivity contribution in [3.63, 3.8) is 0 Å². The fourth-order valence-corrected chi connectivity index (χ4v) is 4.39. The van der Waals surface area contributed by atoms with Crippen molar-refractivity contribution in [1.82, 2.24) is 14.8 Å². The topological polar surface area (TPSA) is 91.4 Å². The van der Waals surface area contributed by atoms with Gasteiger partial charge in [-0.15, -0.1) is 10.2 Å². The molecule has 2 aromatic heterocycles. The van der Waals surface area contributed by atoms with E-state index in [4.69, 9.17) is 13.9 Å². The fraction of sp³-hybridized carbons (Fsp3) is 0.208. The van der Waals surface area contributed by atoms with E-state index >= 15 is 0 Å². The molecule has 9 heteroatoms. The number of aryl methyl sites for hydroxylation is 1. The second-order valence-corrected chi connectivity index (χ2v) is 8.78. The summed E-state index contributed by atoms with van der Waals surface area (Å²) in [5, 5.41) is 11.9. The van der Waals surface area contributed by atoms with E-state index in [9.17, 15) is 4.79 Å². The number of furan rings is 1. The zero-order valence-corrected chi connectivity index (χ0v) is 19.0. The van der Waals surface area contributed by atoms with Crippen molar-refractivity contribution in [2.75, 3.05) is 18.5 Å². The van der Waals surface area contributed by atoms with Crippen molar-refractivity contribution >= 4 is 23.4 Å². The molecule has 0 fully saturated rings. The minimum atomic E-state index is -0.428. The lowest BCUT2D eigenvalue weighted by Gasteiger charge is -2.19. The number of anilines is 1. The molecule has 3 heterocycles. The van der Waals surface area contributed by atoms with Gasteiger partial charge in [-0.2, -0.15) is 0 Å². The predicted molar refractivity (Wildman–Crippen MR) is 125 cm³/mol. The van der Waals surface area contributed by atoms with Gasteiger partial charge in [-0.1, -0.05) is 30.0 Å². The fourth-order valence-electron chi connectivity index (χ4n) is 3.52. The third kappa shape index (κ3) is 4.31. The van der Waals surface area contributed by atoms with E-state index in [2.05, 4.69) is 15.5 Å². The zero-order valence-electron chi connectivity index (χ0n) is 18.1. The quantitative estimate of drug-likeness (QED) is 0.414. The van der Waals surface area contributed by atoms with E-state index in [0.717, 1.165) is 17.0 Å². The lowest BCUT2D eigenvalue weighted by atomic mass is 10.2. The predicted octanol–water partition coefficient (Wildman–Crippen LogP) is 4.73. The number of ether oxygens (including phenoxy) is 2. The van der Waals surface area contributed by atoms with Gasteiger partial charge < -0.3 is 19.2 Å². The molecule has 2 aromatic carbocycles. The van der Waals surface area contributed by atoms with E-state index in [1.54, 1.807) is 24.5 Å². The maximum atomic E-state index is 12.9. The summed E-state index contributed by atoms with van der Waals surface area (Å²) >= 11 is 1.34.